The molecule has 1 aliphatic rings. The minimum absolute atomic E-state index is 0.227. The van der Waals surface area contributed by atoms with Crippen LogP contribution in [0.1, 0.15) is 31.3 Å². The molecule has 1 aliphatic heterocycles. The summed E-state index contributed by atoms with van der Waals surface area (Å²) in [6.07, 6.45) is 7.05. The first kappa shape index (κ1) is 15.7. The summed E-state index contributed by atoms with van der Waals surface area (Å²) in [6, 6.07) is 1.82. The van der Waals surface area contributed by atoms with Crippen LogP contribution in [0, 0.1) is 12.3 Å². The molecule has 1 fully saturated rings. The SMILES string of the molecule is C#CCCCc1cc2cn([C@H]3C[C@H](O)[C@@H](CO)O3)c(=O)nc2o1. The lowest BCUT2D eigenvalue weighted by molar-refractivity contribution is -0.0457. The van der Waals surface area contributed by atoms with Gasteiger partial charge in [0.2, 0.25) is 5.71 Å². The van der Waals surface area contributed by atoms with Crippen molar-refractivity contribution in [2.45, 2.75) is 44.1 Å². The highest BCUT2D eigenvalue weighted by atomic mass is 16.5. The standard InChI is InChI=1S/C16H18N2O5/c1-2-3-4-5-11-6-10-8-18(16(21)17-15(10)22-11)14-7-12(20)13(9-19)23-14/h1,6,8,12-14,19-20H,3-5,7,9H2/t12-,13+,14+/m0/s1. The van der Waals surface area contributed by atoms with Gasteiger partial charge in [-0.1, -0.05) is 0 Å². The second-order valence-corrected chi connectivity index (χ2v) is 5.58. The van der Waals surface area contributed by atoms with Crippen LogP contribution in [0.3, 0.4) is 0 Å². The zero-order chi connectivity index (χ0) is 16.4. The minimum Gasteiger partial charge on any atom is -0.443 e. The Bertz CT molecular complexity index is 788. The third kappa shape index (κ3) is 3.15. The molecule has 1 saturated heterocycles. The lowest BCUT2D eigenvalue weighted by atomic mass is 10.2. The number of terminal acetylenes is 1. The number of aryl methyl sites for hydroxylation is 1. The number of aliphatic hydroxyl groups excluding tert-OH is 2. The number of furan rings is 1. The van der Waals surface area contributed by atoms with Crippen molar-refractivity contribution in [3.63, 3.8) is 0 Å². The zero-order valence-corrected chi connectivity index (χ0v) is 12.5. The Morgan fingerprint density at radius 3 is 3.04 bits per heavy atom. The van der Waals surface area contributed by atoms with Gasteiger partial charge in [-0.15, -0.1) is 12.3 Å². The number of fused-ring (bicyclic) bond motifs is 1. The quantitative estimate of drug-likeness (QED) is 0.618. The Morgan fingerprint density at radius 1 is 1.52 bits per heavy atom. The number of hydrogen-bond acceptors (Lipinski definition) is 6. The van der Waals surface area contributed by atoms with E-state index >= 15 is 0 Å². The number of rotatable bonds is 5. The van der Waals surface area contributed by atoms with Gasteiger partial charge in [-0.3, -0.25) is 4.57 Å². The van der Waals surface area contributed by atoms with E-state index in [4.69, 9.17) is 20.7 Å². The number of aliphatic hydroxyl groups is 2. The first-order chi connectivity index (χ1) is 11.1. The van der Waals surface area contributed by atoms with Crippen LogP contribution in [0.4, 0.5) is 0 Å². The lowest BCUT2D eigenvalue weighted by Crippen LogP contribution is -2.27. The summed E-state index contributed by atoms with van der Waals surface area (Å²) in [7, 11) is 0. The summed E-state index contributed by atoms with van der Waals surface area (Å²) in [5.74, 6) is 3.29. The van der Waals surface area contributed by atoms with Crippen LogP contribution >= 0.6 is 0 Å². The molecule has 2 aromatic rings. The summed E-state index contributed by atoms with van der Waals surface area (Å²) in [6.45, 7) is -0.298. The molecule has 122 valence electrons. The van der Waals surface area contributed by atoms with Gasteiger partial charge in [0.05, 0.1) is 18.1 Å². The van der Waals surface area contributed by atoms with Gasteiger partial charge in [-0.2, -0.15) is 4.98 Å². The van der Waals surface area contributed by atoms with Crippen LogP contribution in [0.25, 0.3) is 11.1 Å². The Kier molecular flexibility index (Phi) is 4.48. The topological polar surface area (TPSA) is 97.7 Å². The first-order valence-electron chi connectivity index (χ1n) is 7.52. The molecule has 3 atom stereocenters. The lowest BCUT2D eigenvalue weighted by Gasteiger charge is -2.13. The molecule has 0 radical (unpaired) electrons. The summed E-state index contributed by atoms with van der Waals surface area (Å²) in [5.41, 5.74) is -0.239. The molecule has 7 heteroatoms. The van der Waals surface area contributed by atoms with E-state index in [0.717, 1.165) is 12.2 Å². The molecule has 0 aromatic carbocycles. The molecule has 0 amide bonds. The van der Waals surface area contributed by atoms with Gasteiger partial charge in [0, 0.05) is 25.5 Å². The van der Waals surface area contributed by atoms with Gasteiger partial charge < -0.3 is 19.4 Å². The molecular formula is C16H18N2O5. The van der Waals surface area contributed by atoms with E-state index in [2.05, 4.69) is 10.9 Å². The van der Waals surface area contributed by atoms with E-state index in [1.807, 2.05) is 6.07 Å². The van der Waals surface area contributed by atoms with Crippen LogP contribution in [-0.4, -0.2) is 38.6 Å². The average molecular weight is 318 g/mol. The molecule has 7 nitrogen and oxygen atoms in total. The van der Waals surface area contributed by atoms with Gasteiger partial charge in [0.25, 0.3) is 0 Å². The summed E-state index contributed by atoms with van der Waals surface area (Å²) in [4.78, 5) is 16.1. The molecule has 0 spiro atoms. The number of ether oxygens (including phenoxy) is 1. The molecule has 2 N–H and O–H groups in total. The van der Waals surface area contributed by atoms with Gasteiger partial charge in [-0.05, 0) is 12.5 Å². The summed E-state index contributed by atoms with van der Waals surface area (Å²) >= 11 is 0. The van der Waals surface area contributed by atoms with E-state index in [9.17, 15) is 9.90 Å². The normalized spacial score (nSPS) is 24.1. The maximum atomic E-state index is 12.1. The van der Waals surface area contributed by atoms with Crippen molar-refractivity contribution in [2.24, 2.45) is 0 Å². The van der Waals surface area contributed by atoms with Crippen molar-refractivity contribution >= 4 is 11.1 Å². The smallest absolute Gasteiger partial charge is 0.353 e. The van der Waals surface area contributed by atoms with Crippen molar-refractivity contribution in [3.8, 4) is 12.3 Å². The number of unbranched alkanes of at least 4 members (excludes halogenated alkanes) is 1. The Labute approximate surface area is 132 Å². The van der Waals surface area contributed by atoms with Gasteiger partial charge in [-0.25, -0.2) is 4.79 Å². The highest BCUT2D eigenvalue weighted by molar-refractivity contribution is 5.72. The molecule has 3 rings (SSSR count). The predicted molar refractivity (Wildman–Crippen MR) is 81.7 cm³/mol. The van der Waals surface area contributed by atoms with Crippen molar-refractivity contribution in [1.82, 2.24) is 9.55 Å². The fourth-order valence-corrected chi connectivity index (χ4v) is 2.72. The second-order valence-electron chi connectivity index (χ2n) is 5.58. The van der Waals surface area contributed by atoms with Gasteiger partial charge in [0.1, 0.15) is 18.1 Å². The molecule has 0 unspecified atom stereocenters. The van der Waals surface area contributed by atoms with Crippen LogP contribution in [0.15, 0.2) is 21.5 Å². The monoisotopic (exact) mass is 318 g/mol. The Morgan fingerprint density at radius 2 is 2.35 bits per heavy atom. The van der Waals surface area contributed by atoms with E-state index in [0.29, 0.717) is 18.2 Å². The van der Waals surface area contributed by atoms with Crippen LogP contribution in [0.2, 0.25) is 0 Å². The fraction of sp³-hybridized carbons (Fsp3) is 0.500. The Balaban J connectivity index is 1.86. The number of hydrogen-bond donors (Lipinski definition) is 2. The van der Waals surface area contributed by atoms with Gasteiger partial charge in [0.15, 0.2) is 0 Å². The number of aromatic nitrogens is 2. The van der Waals surface area contributed by atoms with Crippen molar-refractivity contribution in [3.05, 3.63) is 28.5 Å². The minimum atomic E-state index is -0.809. The molecule has 0 bridgehead atoms. The van der Waals surface area contributed by atoms with E-state index < -0.39 is 24.1 Å². The van der Waals surface area contributed by atoms with Crippen molar-refractivity contribution < 1.29 is 19.4 Å². The molecular weight excluding hydrogens is 300 g/mol. The fourth-order valence-electron chi connectivity index (χ4n) is 2.72. The maximum Gasteiger partial charge on any atom is 0.353 e. The zero-order valence-electron chi connectivity index (χ0n) is 12.5. The average Bonchev–Trinajstić information content (AvgIpc) is 3.09. The predicted octanol–water partition coefficient (Wildman–Crippen LogP) is 0.586. The van der Waals surface area contributed by atoms with E-state index in [1.165, 1.54) is 4.57 Å². The third-order valence-electron chi connectivity index (χ3n) is 3.93. The van der Waals surface area contributed by atoms with E-state index in [1.54, 1.807) is 6.20 Å². The Hall–Kier alpha value is -2.14. The maximum absolute atomic E-state index is 12.1. The van der Waals surface area contributed by atoms with Crippen LogP contribution < -0.4 is 5.69 Å². The molecule has 0 saturated carbocycles. The van der Waals surface area contributed by atoms with E-state index in [-0.39, 0.29) is 18.7 Å². The van der Waals surface area contributed by atoms with Crippen LogP contribution in [-0.2, 0) is 11.2 Å². The summed E-state index contributed by atoms with van der Waals surface area (Å²) in [5, 5.41) is 19.6. The van der Waals surface area contributed by atoms with Crippen molar-refractivity contribution in [2.75, 3.05) is 6.61 Å². The first-order valence-corrected chi connectivity index (χ1v) is 7.52. The highest BCUT2D eigenvalue weighted by Gasteiger charge is 2.35. The number of nitrogens with zero attached hydrogens (tertiary/aromatic N) is 2. The molecule has 23 heavy (non-hydrogen) atoms. The molecule has 2 aromatic heterocycles. The summed E-state index contributed by atoms with van der Waals surface area (Å²) < 4.78 is 12.4. The third-order valence-corrected chi connectivity index (χ3v) is 3.93. The van der Waals surface area contributed by atoms with Gasteiger partial charge >= 0.3 is 5.69 Å². The largest absolute Gasteiger partial charge is 0.443 e. The second kappa shape index (κ2) is 6.54. The van der Waals surface area contributed by atoms with Crippen LogP contribution in [0.5, 0.6) is 0 Å². The molecule has 3 heterocycles. The molecule has 0 aliphatic carbocycles. The highest BCUT2D eigenvalue weighted by Crippen LogP contribution is 2.28. The van der Waals surface area contributed by atoms with Crippen molar-refractivity contribution in [1.29, 1.82) is 0 Å².